The van der Waals surface area contributed by atoms with E-state index >= 15 is 0 Å². The maximum absolute atomic E-state index is 12.3. The molecule has 1 aliphatic rings. The average molecular weight is 367 g/mol. The number of aryl methyl sites for hydroxylation is 1. The Morgan fingerprint density at radius 2 is 1.89 bits per heavy atom. The Kier molecular flexibility index (Phi) is 6.88. The van der Waals surface area contributed by atoms with Gasteiger partial charge in [0.05, 0.1) is 6.54 Å². The van der Waals surface area contributed by atoms with Crippen LogP contribution in [0.15, 0.2) is 48.5 Å². The van der Waals surface area contributed by atoms with Gasteiger partial charge in [0.1, 0.15) is 12.4 Å². The zero-order valence-corrected chi connectivity index (χ0v) is 16.4. The number of piperidine rings is 1. The molecule has 0 spiro atoms. The second-order valence-corrected chi connectivity index (χ2v) is 7.58. The summed E-state index contributed by atoms with van der Waals surface area (Å²) in [6.45, 7) is 8.62. The van der Waals surface area contributed by atoms with E-state index < -0.39 is 0 Å². The van der Waals surface area contributed by atoms with Crippen LogP contribution < -0.4 is 10.1 Å². The maximum atomic E-state index is 12.3. The minimum atomic E-state index is -0.0545. The van der Waals surface area contributed by atoms with Crippen molar-refractivity contribution in [2.75, 3.05) is 26.2 Å². The highest BCUT2D eigenvalue weighted by atomic mass is 16.5. The highest BCUT2D eigenvalue weighted by molar-refractivity contribution is 5.94. The third-order valence-electron chi connectivity index (χ3n) is 5.14. The predicted molar refractivity (Wildman–Crippen MR) is 109 cm³/mol. The molecule has 2 aromatic carbocycles. The number of rotatable bonds is 7. The van der Waals surface area contributed by atoms with Crippen LogP contribution in [-0.2, 0) is 6.54 Å². The Hall–Kier alpha value is -2.33. The molecular weight excluding hydrogens is 336 g/mol. The molecule has 0 atom stereocenters. The summed E-state index contributed by atoms with van der Waals surface area (Å²) in [5, 5.41) is 2.92. The summed E-state index contributed by atoms with van der Waals surface area (Å²) >= 11 is 0. The van der Waals surface area contributed by atoms with Gasteiger partial charge in [-0.3, -0.25) is 9.69 Å². The van der Waals surface area contributed by atoms with Crippen LogP contribution >= 0.6 is 0 Å². The lowest BCUT2D eigenvalue weighted by atomic mass is 9.99. The molecule has 27 heavy (non-hydrogen) atoms. The second-order valence-electron chi connectivity index (χ2n) is 7.58. The first-order valence-electron chi connectivity index (χ1n) is 9.89. The van der Waals surface area contributed by atoms with Gasteiger partial charge in [-0.1, -0.05) is 31.2 Å². The molecule has 0 bridgehead atoms. The molecular formula is C23H30N2O2. The maximum Gasteiger partial charge on any atom is 0.251 e. The van der Waals surface area contributed by atoms with Crippen molar-refractivity contribution in [1.29, 1.82) is 0 Å². The van der Waals surface area contributed by atoms with Crippen molar-refractivity contribution in [2.24, 2.45) is 5.92 Å². The van der Waals surface area contributed by atoms with Gasteiger partial charge in [-0.25, -0.2) is 0 Å². The molecule has 4 nitrogen and oxygen atoms in total. The van der Waals surface area contributed by atoms with Crippen LogP contribution in [0.2, 0.25) is 0 Å². The molecule has 1 N–H and O–H groups in total. The number of ether oxygens (including phenoxy) is 1. The molecule has 144 valence electrons. The Bertz CT molecular complexity index is 734. The van der Waals surface area contributed by atoms with E-state index in [4.69, 9.17) is 4.74 Å². The van der Waals surface area contributed by atoms with Gasteiger partial charge in [0.25, 0.3) is 5.91 Å². The van der Waals surface area contributed by atoms with Gasteiger partial charge >= 0.3 is 0 Å². The third-order valence-corrected chi connectivity index (χ3v) is 5.14. The summed E-state index contributed by atoms with van der Waals surface area (Å²) < 4.78 is 5.66. The van der Waals surface area contributed by atoms with E-state index in [2.05, 4.69) is 29.3 Å². The fourth-order valence-corrected chi connectivity index (χ4v) is 3.38. The van der Waals surface area contributed by atoms with Gasteiger partial charge in [-0.2, -0.15) is 0 Å². The van der Waals surface area contributed by atoms with Gasteiger partial charge in [-0.05, 0) is 74.2 Å². The molecule has 1 amide bonds. The number of hydrogen-bond acceptors (Lipinski definition) is 3. The summed E-state index contributed by atoms with van der Waals surface area (Å²) in [7, 11) is 0. The van der Waals surface area contributed by atoms with Gasteiger partial charge in [0.2, 0.25) is 0 Å². The number of nitrogens with zero attached hydrogens (tertiary/aromatic N) is 1. The minimum absolute atomic E-state index is 0.0545. The second kappa shape index (κ2) is 9.56. The molecule has 2 aromatic rings. The molecule has 0 radical (unpaired) electrons. The number of carbonyl (C=O) groups excluding carboxylic acids is 1. The summed E-state index contributed by atoms with van der Waals surface area (Å²) in [5.74, 6) is 1.63. The van der Waals surface area contributed by atoms with Crippen molar-refractivity contribution in [3.05, 3.63) is 65.2 Å². The quantitative estimate of drug-likeness (QED) is 0.752. The lowest BCUT2D eigenvalue weighted by Gasteiger charge is -2.30. The predicted octanol–water partition coefficient (Wildman–Crippen LogP) is 4.04. The van der Waals surface area contributed by atoms with Crippen molar-refractivity contribution >= 4 is 5.91 Å². The van der Waals surface area contributed by atoms with Crippen molar-refractivity contribution < 1.29 is 9.53 Å². The average Bonchev–Trinajstić information content (AvgIpc) is 2.67. The van der Waals surface area contributed by atoms with E-state index in [9.17, 15) is 4.79 Å². The number of nitrogens with one attached hydrogen (secondary N) is 1. The molecule has 4 heteroatoms. The highest BCUT2D eigenvalue weighted by Gasteiger charge is 2.15. The Morgan fingerprint density at radius 1 is 1.15 bits per heavy atom. The van der Waals surface area contributed by atoms with Gasteiger partial charge in [0, 0.05) is 12.1 Å². The minimum Gasteiger partial charge on any atom is -0.492 e. The van der Waals surface area contributed by atoms with Crippen LogP contribution in [0.4, 0.5) is 0 Å². The Morgan fingerprint density at radius 3 is 2.59 bits per heavy atom. The topological polar surface area (TPSA) is 41.6 Å². The smallest absolute Gasteiger partial charge is 0.251 e. The number of carbonyl (C=O) groups is 1. The van der Waals surface area contributed by atoms with Crippen LogP contribution in [0.1, 0.15) is 41.3 Å². The van der Waals surface area contributed by atoms with E-state index in [1.54, 1.807) is 0 Å². The van der Waals surface area contributed by atoms with E-state index in [-0.39, 0.29) is 5.91 Å². The standard InChI is InChI=1S/C23H30N2O2/c1-18-10-13-25(14-11-18)17-20-6-8-21(9-7-20)23(26)24-12-15-27-22-5-3-4-19(2)16-22/h3-9,16,18H,10-15,17H2,1-2H3,(H,24,26). The first-order valence-corrected chi connectivity index (χ1v) is 9.89. The number of likely N-dealkylation sites (tertiary alicyclic amines) is 1. The van der Waals surface area contributed by atoms with Crippen molar-refractivity contribution in [2.45, 2.75) is 33.2 Å². The molecule has 1 aliphatic heterocycles. The lowest BCUT2D eigenvalue weighted by molar-refractivity contribution is 0.0947. The summed E-state index contributed by atoms with van der Waals surface area (Å²) in [6, 6.07) is 15.9. The lowest BCUT2D eigenvalue weighted by Crippen LogP contribution is -2.32. The SMILES string of the molecule is Cc1cccc(OCCNC(=O)c2ccc(CN3CCC(C)CC3)cc2)c1. The van der Waals surface area contributed by atoms with Crippen LogP contribution in [0, 0.1) is 12.8 Å². The summed E-state index contributed by atoms with van der Waals surface area (Å²) in [5.41, 5.74) is 3.13. The molecule has 3 rings (SSSR count). The van der Waals surface area contributed by atoms with Crippen molar-refractivity contribution in [3.8, 4) is 5.75 Å². The molecule has 0 saturated carbocycles. The highest BCUT2D eigenvalue weighted by Crippen LogP contribution is 2.18. The largest absolute Gasteiger partial charge is 0.492 e. The molecule has 1 saturated heterocycles. The summed E-state index contributed by atoms with van der Waals surface area (Å²) in [6.07, 6.45) is 2.57. The van der Waals surface area contributed by atoms with Crippen LogP contribution in [0.3, 0.4) is 0 Å². The number of benzene rings is 2. The first kappa shape index (κ1) is 19.4. The number of amides is 1. The van der Waals surface area contributed by atoms with Crippen LogP contribution in [0.25, 0.3) is 0 Å². The zero-order valence-electron chi connectivity index (χ0n) is 16.4. The summed E-state index contributed by atoms with van der Waals surface area (Å²) in [4.78, 5) is 14.8. The monoisotopic (exact) mass is 366 g/mol. The van der Waals surface area contributed by atoms with Gasteiger partial charge in [-0.15, -0.1) is 0 Å². The molecule has 0 aliphatic carbocycles. The van der Waals surface area contributed by atoms with E-state index in [0.717, 1.165) is 23.8 Å². The molecule has 1 heterocycles. The fraction of sp³-hybridized carbons (Fsp3) is 0.435. The van der Waals surface area contributed by atoms with E-state index in [1.165, 1.54) is 31.5 Å². The van der Waals surface area contributed by atoms with Crippen LogP contribution in [-0.4, -0.2) is 37.0 Å². The van der Waals surface area contributed by atoms with Crippen LogP contribution in [0.5, 0.6) is 5.75 Å². The van der Waals surface area contributed by atoms with Gasteiger partial charge in [0.15, 0.2) is 0 Å². The van der Waals surface area contributed by atoms with Gasteiger partial charge < -0.3 is 10.1 Å². The Balaban J connectivity index is 1.40. The number of hydrogen-bond donors (Lipinski definition) is 1. The first-order chi connectivity index (χ1) is 13.1. The normalized spacial score (nSPS) is 15.5. The molecule has 0 unspecified atom stereocenters. The fourth-order valence-electron chi connectivity index (χ4n) is 3.38. The van der Waals surface area contributed by atoms with E-state index in [1.807, 2.05) is 43.3 Å². The van der Waals surface area contributed by atoms with Crippen molar-refractivity contribution in [3.63, 3.8) is 0 Å². The zero-order chi connectivity index (χ0) is 19.1. The Labute approximate surface area is 162 Å². The third kappa shape index (κ3) is 6.10. The van der Waals surface area contributed by atoms with Crippen molar-refractivity contribution in [1.82, 2.24) is 10.2 Å². The van der Waals surface area contributed by atoms with E-state index in [0.29, 0.717) is 18.7 Å². The molecule has 1 fully saturated rings. The molecule has 0 aromatic heterocycles.